The zero-order chi connectivity index (χ0) is 24.3. The average Bonchev–Trinajstić information content (AvgIpc) is 3.24. The fourth-order valence-electron chi connectivity index (χ4n) is 3.03. The summed E-state index contributed by atoms with van der Waals surface area (Å²) < 4.78 is 30.2. The summed E-state index contributed by atoms with van der Waals surface area (Å²) in [6.07, 6.45) is 1.58. The van der Waals surface area contributed by atoms with Crippen molar-refractivity contribution in [3.05, 3.63) is 71.4 Å². The second-order valence-electron chi connectivity index (χ2n) is 6.98. The molecule has 0 atom stereocenters. The van der Waals surface area contributed by atoms with Gasteiger partial charge in [-0.3, -0.25) is 4.72 Å². The number of hydrogen-bond acceptors (Lipinski definition) is 8. The highest BCUT2D eigenvalue weighted by atomic mass is 35.5. The first kappa shape index (κ1) is 23.1. The highest BCUT2D eigenvalue weighted by molar-refractivity contribution is 7.92. The third-order valence-corrected chi connectivity index (χ3v) is 6.24. The van der Waals surface area contributed by atoms with Crippen LogP contribution >= 0.6 is 11.6 Å². The predicted octanol–water partition coefficient (Wildman–Crippen LogP) is 3.09. The second kappa shape index (κ2) is 9.45. The van der Waals surface area contributed by atoms with Gasteiger partial charge in [0.2, 0.25) is 12.3 Å². The average molecular weight is 501 g/mol. The molecule has 34 heavy (non-hydrogen) atoms. The molecule has 0 unspecified atom stereocenters. The van der Waals surface area contributed by atoms with Crippen molar-refractivity contribution in [2.45, 2.75) is 11.8 Å². The lowest BCUT2D eigenvalue weighted by Crippen LogP contribution is -2.15. The van der Waals surface area contributed by atoms with Crippen LogP contribution in [0.5, 0.6) is 0 Å². The van der Waals surface area contributed by atoms with Crippen LogP contribution in [0.3, 0.4) is 0 Å². The summed E-state index contributed by atoms with van der Waals surface area (Å²) in [6, 6.07) is 14.0. The molecule has 0 spiro atoms. The van der Waals surface area contributed by atoms with Crippen LogP contribution in [-0.2, 0) is 19.7 Å². The number of nitrogens with zero attached hydrogens (tertiary/aromatic N) is 5. The van der Waals surface area contributed by atoms with Crippen molar-refractivity contribution < 1.29 is 23.2 Å². The first-order chi connectivity index (χ1) is 16.2. The van der Waals surface area contributed by atoms with Gasteiger partial charge < -0.3 is 9.94 Å². The minimum Gasteiger partial charge on any atom is -0.479 e. The molecule has 4 rings (SSSR count). The Hall–Kier alpha value is -4.03. The Morgan fingerprint density at radius 2 is 1.97 bits per heavy atom. The standard InChI is InChI=1S/C21H17ClN6O5S/c1-13(25-33-12-20(29)30)14-4-7-16(8-5-14)34(31,32)26-17-9-6-15(22)11-19(17)28-18-3-2-10-23-21(18)24-27-28/h2-11,26H,12H2,1H3,(H,29,30)/b25-13-. The van der Waals surface area contributed by atoms with E-state index in [1.54, 1.807) is 37.4 Å². The van der Waals surface area contributed by atoms with Gasteiger partial charge in [-0.25, -0.2) is 22.9 Å². The largest absolute Gasteiger partial charge is 0.479 e. The molecule has 0 saturated heterocycles. The number of aromatic nitrogens is 4. The molecule has 2 heterocycles. The van der Waals surface area contributed by atoms with Crippen molar-refractivity contribution >= 4 is 50.2 Å². The van der Waals surface area contributed by atoms with E-state index < -0.39 is 22.6 Å². The van der Waals surface area contributed by atoms with Crippen LogP contribution in [0, 0.1) is 0 Å². The van der Waals surface area contributed by atoms with Crippen LogP contribution in [0.4, 0.5) is 5.69 Å². The van der Waals surface area contributed by atoms with E-state index in [1.165, 1.54) is 35.0 Å². The second-order valence-corrected chi connectivity index (χ2v) is 9.10. The number of nitrogens with one attached hydrogen (secondary N) is 1. The van der Waals surface area contributed by atoms with E-state index in [4.69, 9.17) is 21.5 Å². The van der Waals surface area contributed by atoms with Crippen LogP contribution in [-0.4, -0.2) is 51.8 Å². The fourth-order valence-corrected chi connectivity index (χ4v) is 4.27. The molecule has 4 aromatic rings. The Morgan fingerprint density at radius 3 is 2.71 bits per heavy atom. The molecule has 2 aromatic carbocycles. The smallest absolute Gasteiger partial charge is 0.344 e. The molecule has 2 aromatic heterocycles. The molecule has 0 bridgehead atoms. The number of carbonyl (C=O) groups is 1. The molecular weight excluding hydrogens is 484 g/mol. The topological polar surface area (TPSA) is 149 Å². The molecule has 0 aliphatic carbocycles. The fraction of sp³-hybridized carbons (Fsp3) is 0.0952. The third-order valence-electron chi connectivity index (χ3n) is 4.63. The number of pyridine rings is 1. The van der Waals surface area contributed by atoms with E-state index in [2.05, 4.69) is 25.2 Å². The van der Waals surface area contributed by atoms with E-state index in [1.807, 2.05) is 0 Å². The zero-order valence-corrected chi connectivity index (χ0v) is 19.2. The highest BCUT2D eigenvalue weighted by Gasteiger charge is 2.19. The van der Waals surface area contributed by atoms with Crippen LogP contribution in [0.15, 0.2) is 70.8 Å². The van der Waals surface area contributed by atoms with Gasteiger partial charge in [0.15, 0.2) is 0 Å². The summed E-state index contributed by atoms with van der Waals surface area (Å²) in [4.78, 5) is 19.4. The van der Waals surface area contributed by atoms with Crippen molar-refractivity contribution in [1.29, 1.82) is 0 Å². The van der Waals surface area contributed by atoms with Gasteiger partial charge in [-0.2, -0.15) is 0 Å². The molecule has 0 amide bonds. The minimum absolute atomic E-state index is 0.00141. The number of carboxylic acid groups (broad SMARTS) is 1. The number of fused-ring (bicyclic) bond motifs is 1. The number of benzene rings is 2. The molecule has 0 saturated carbocycles. The molecule has 2 N–H and O–H groups in total. The number of aliphatic carboxylic acids is 1. The van der Waals surface area contributed by atoms with Gasteiger partial charge in [0.25, 0.3) is 10.0 Å². The highest BCUT2D eigenvalue weighted by Crippen LogP contribution is 2.28. The lowest BCUT2D eigenvalue weighted by Gasteiger charge is -2.13. The van der Waals surface area contributed by atoms with E-state index >= 15 is 0 Å². The Bertz CT molecular complexity index is 1500. The van der Waals surface area contributed by atoms with Crippen molar-refractivity contribution in [3.63, 3.8) is 0 Å². The van der Waals surface area contributed by atoms with Crippen LogP contribution in [0.1, 0.15) is 12.5 Å². The monoisotopic (exact) mass is 500 g/mol. The number of carboxylic acids is 1. The Morgan fingerprint density at radius 1 is 1.21 bits per heavy atom. The van der Waals surface area contributed by atoms with E-state index in [-0.39, 0.29) is 10.6 Å². The van der Waals surface area contributed by atoms with Crippen molar-refractivity contribution in [3.8, 4) is 5.69 Å². The molecule has 174 valence electrons. The molecule has 0 fully saturated rings. The van der Waals surface area contributed by atoms with Crippen LogP contribution < -0.4 is 4.72 Å². The summed E-state index contributed by atoms with van der Waals surface area (Å²) in [5, 5.41) is 20.8. The SMILES string of the molecule is C/C(=N/OCC(=O)O)c1ccc(S(=O)(=O)Nc2ccc(Cl)cc2-n2nnc3ncccc32)cc1. The first-order valence-electron chi connectivity index (χ1n) is 9.72. The quantitative estimate of drug-likeness (QED) is 0.277. The van der Waals surface area contributed by atoms with Gasteiger partial charge in [-0.05, 0) is 55.0 Å². The van der Waals surface area contributed by atoms with Crippen LogP contribution in [0.25, 0.3) is 16.9 Å². The summed E-state index contributed by atoms with van der Waals surface area (Å²) in [5.41, 5.74) is 2.55. The molecule has 13 heteroatoms. The van der Waals surface area contributed by atoms with Gasteiger partial charge in [-0.1, -0.05) is 34.1 Å². The van der Waals surface area contributed by atoms with E-state index in [0.29, 0.717) is 33.1 Å². The zero-order valence-electron chi connectivity index (χ0n) is 17.6. The number of sulfonamides is 1. The maximum absolute atomic E-state index is 13.1. The summed E-state index contributed by atoms with van der Waals surface area (Å²) in [5.74, 6) is -1.15. The van der Waals surface area contributed by atoms with Gasteiger partial charge in [0.1, 0.15) is 5.52 Å². The molecule has 0 radical (unpaired) electrons. The molecule has 11 nitrogen and oxygen atoms in total. The van der Waals surface area contributed by atoms with Gasteiger partial charge in [0, 0.05) is 11.2 Å². The summed E-state index contributed by atoms with van der Waals surface area (Å²) in [6.45, 7) is 1.04. The van der Waals surface area contributed by atoms with Crippen molar-refractivity contribution in [2.24, 2.45) is 5.16 Å². The van der Waals surface area contributed by atoms with Crippen molar-refractivity contribution in [1.82, 2.24) is 20.0 Å². The number of rotatable bonds is 8. The van der Waals surface area contributed by atoms with E-state index in [0.717, 1.165) is 0 Å². The lowest BCUT2D eigenvalue weighted by atomic mass is 10.1. The third kappa shape index (κ3) is 4.97. The first-order valence-corrected chi connectivity index (χ1v) is 11.6. The number of oxime groups is 1. The summed E-state index contributed by atoms with van der Waals surface area (Å²) in [7, 11) is -3.98. The van der Waals surface area contributed by atoms with Gasteiger partial charge in [-0.15, -0.1) is 5.10 Å². The Balaban J connectivity index is 1.62. The maximum Gasteiger partial charge on any atom is 0.344 e. The molecule has 0 aliphatic heterocycles. The van der Waals surface area contributed by atoms with Crippen molar-refractivity contribution in [2.75, 3.05) is 11.3 Å². The van der Waals surface area contributed by atoms with E-state index in [9.17, 15) is 13.2 Å². The maximum atomic E-state index is 13.1. The predicted molar refractivity (Wildman–Crippen MR) is 125 cm³/mol. The molecule has 0 aliphatic rings. The summed E-state index contributed by atoms with van der Waals surface area (Å²) >= 11 is 6.17. The minimum atomic E-state index is -3.98. The van der Waals surface area contributed by atoms with Gasteiger partial charge >= 0.3 is 5.97 Å². The number of halogens is 1. The normalized spacial score (nSPS) is 12.0. The number of hydrogen-bond donors (Lipinski definition) is 2. The van der Waals surface area contributed by atoms with Crippen LogP contribution in [0.2, 0.25) is 5.02 Å². The van der Waals surface area contributed by atoms with Gasteiger partial charge in [0.05, 0.1) is 22.0 Å². The lowest BCUT2D eigenvalue weighted by molar-refractivity contribution is -0.142. The molecular formula is C21H17ClN6O5S. The Labute approximate surface area is 198 Å². The number of anilines is 1. The Kier molecular flexibility index (Phi) is 6.43.